The van der Waals surface area contributed by atoms with Crippen molar-refractivity contribution in [2.24, 2.45) is 0 Å². The van der Waals surface area contributed by atoms with E-state index in [2.05, 4.69) is 10.6 Å². The highest BCUT2D eigenvalue weighted by Crippen LogP contribution is 2.12. The van der Waals surface area contributed by atoms with E-state index in [1.54, 1.807) is 18.2 Å². The van der Waals surface area contributed by atoms with Crippen LogP contribution in [-0.4, -0.2) is 11.8 Å². The Morgan fingerprint density at radius 3 is 2.60 bits per heavy atom. The lowest BCUT2D eigenvalue weighted by atomic mass is 10.3. The molecule has 0 fully saturated rings. The van der Waals surface area contributed by atoms with Crippen LogP contribution >= 0.6 is 0 Å². The summed E-state index contributed by atoms with van der Waals surface area (Å²) in [6.07, 6.45) is 1.11. The Bertz CT molecular complexity index is 596. The van der Waals surface area contributed by atoms with Gasteiger partial charge in [0.05, 0.1) is 18.5 Å². The summed E-state index contributed by atoms with van der Waals surface area (Å²) in [6.45, 7) is 0.207. The lowest BCUT2D eigenvalue weighted by molar-refractivity contribution is -0.127. The second-order valence-corrected chi connectivity index (χ2v) is 4.06. The lowest BCUT2D eigenvalue weighted by Gasteiger charge is -2.06. The molecule has 6 heteroatoms. The highest BCUT2D eigenvalue weighted by molar-refractivity contribution is 6.03. The molecule has 0 atom stereocenters. The number of hydrogen-bond acceptors (Lipinski definition) is 3. The summed E-state index contributed by atoms with van der Waals surface area (Å²) in [4.78, 5) is 23.1. The van der Waals surface area contributed by atoms with Crippen LogP contribution in [0.3, 0.4) is 0 Å². The molecule has 2 rings (SSSR count). The normalized spacial score (nSPS) is 10.1. The Kier molecular flexibility index (Phi) is 4.49. The van der Waals surface area contributed by atoms with Crippen molar-refractivity contribution >= 4 is 17.5 Å². The Morgan fingerprint density at radius 1 is 1.10 bits per heavy atom. The zero-order chi connectivity index (χ0) is 14.4. The topological polar surface area (TPSA) is 71.3 Å². The van der Waals surface area contributed by atoms with Crippen molar-refractivity contribution in [3.8, 4) is 0 Å². The summed E-state index contributed by atoms with van der Waals surface area (Å²) in [5.74, 6) is -0.994. The van der Waals surface area contributed by atoms with Gasteiger partial charge in [0.2, 0.25) is 11.8 Å². The van der Waals surface area contributed by atoms with Gasteiger partial charge in [-0.25, -0.2) is 4.39 Å². The lowest BCUT2D eigenvalue weighted by Crippen LogP contribution is -2.27. The third-order valence-corrected chi connectivity index (χ3v) is 2.51. The Labute approximate surface area is 114 Å². The standard InChI is InChI=1S/C14H13FN2O3/c15-11-5-1-2-6-12(11)17-14(19)8-13(18)16-9-10-4-3-7-20-10/h1-7H,8-9H2,(H,16,18)(H,17,19). The SMILES string of the molecule is O=C(CC(=O)Nc1ccccc1F)NCc1ccco1. The number of carbonyl (C=O) groups is 2. The fraction of sp³-hybridized carbons (Fsp3) is 0.143. The maximum atomic E-state index is 13.3. The van der Waals surface area contributed by atoms with Crippen molar-refractivity contribution in [3.63, 3.8) is 0 Å². The number of anilines is 1. The summed E-state index contributed by atoms with van der Waals surface area (Å²) in [5.41, 5.74) is 0.0522. The first-order chi connectivity index (χ1) is 9.65. The van der Waals surface area contributed by atoms with Crippen LogP contribution in [0.4, 0.5) is 10.1 Å². The molecule has 0 spiro atoms. The minimum Gasteiger partial charge on any atom is -0.467 e. The molecular formula is C14H13FN2O3. The van der Waals surface area contributed by atoms with E-state index in [4.69, 9.17) is 4.42 Å². The van der Waals surface area contributed by atoms with Gasteiger partial charge in [0.1, 0.15) is 18.0 Å². The molecule has 0 radical (unpaired) electrons. The largest absolute Gasteiger partial charge is 0.467 e. The predicted molar refractivity (Wildman–Crippen MR) is 70.2 cm³/mol. The molecular weight excluding hydrogens is 263 g/mol. The Hall–Kier alpha value is -2.63. The van der Waals surface area contributed by atoms with E-state index in [0.717, 1.165) is 0 Å². The molecule has 20 heavy (non-hydrogen) atoms. The first-order valence-electron chi connectivity index (χ1n) is 5.98. The van der Waals surface area contributed by atoms with Crippen LogP contribution in [0.25, 0.3) is 0 Å². The van der Waals surface area contributed by atoms with Gasteiger partial charge in [0.15, 0.2) is 0 Å². The molecule has 0 saturated heterocycles. The van der Waals surface area contributed by atoms with Crippen molar-refractivity contribution < 1.29 is 18.4 Å². The average molecular weight is 276 g/mol. The van der Waals surface area contributed by atoms with Crippen LogP contribution in [0.2, 0.25) is 0 Å². The van der Waals surface area contributed by atoms with Crippen molar-refractivity contribution in [2.75, 3.05) is 5.32 Å². The fourth-order valence-electron chi connectivity index (χ4n) is 1.56. The van der Waals surface area contributed by atoms with Crippen molar-refractivity contribution in [2.45, 2.75) is 13.0 Å². The number of para-hydroxylation sites is 1. The van der Waals surface area contributed by atoms with Gasteiger partial charge in [-0.3, -0.25) is 9.59 Å². The molecule has 0 aliphatic carbocycles. The van der Waals surface area contributed by atoms with Crippen LogP contribution in [-0.2, 0) is 16.1 Å². The van der Waals surface area contributed by atoms with Gasteiger partial charge >= 0.3 is 0 Å². The molecule has 0 bridgehead atoms. The van der Waals surface area contributed by atoms with Crippen LogP contribution in [0, 0.1) is 5.82 Å². The third-order valence-electron chi connectivity index (χ3n) is 2.51. The molecule has 2 aromatic rings. The smallest absolute Gasteiger partial charge is 0.233 e. The van der Waals surface area contributed by atoms with E-state index in [1.807, 2.05) is 0 Å². The summed E-state index contributed by atoms with van der Waals surface area (Å²) < 4.78 is 18.3. The first-order valence-corrected chi connectivity index (χ1v) is 5.98. The molecule has 1 aromatic heterocycles. The van der Waals surface area contributed by atoms with Crippen LogP contribution in [0.5, 0.6) is 0 Å². The number of benzene rings is 1. The molecule has 5 nitrogen and oxygen atoms in total. The quantitative estimate of drug-likeness (QED) is 0.821. The molecule has 1 aromatic carbocycles. The van der Waals surface area contributed by atoms with E-state index in [0.29, 0.717) is 5.76 Å². The maximum Gasteiger partial charge on any atom is 0.233 e. The first kappa shape index (κ1) is 13.8. The monoisotopic (exact) mass is 276 g/mol. The number of halogens is 1. The zero-order valence-electron chi connectivity index (χ0n) is 10.6. The highest BCUT2D eigenvalue weighted by atomic mass is 19.1. The second-order valence-electron chi connectivity index (χ2n) is 4.06. The molecule has 0 saturated carbocycles. The van der Waals surface area contributed by atoms with E-state index in [9.17, 15) is 14.0 Å². The number of amides is 2. The molecule has 0 aliphatic rings. The average Bonchev–Trinajstić information content (AvgIpc) is 2.92. The van der Waals surface area contributed by atoms with Gasteiger partial charge in [0, 0.05) is 0 Å². The minimum absolute atomic E-state index is 0.0522. The summed E-state index contributed by atoms with van der Waals surface area (Å²) in [5, 5.41) is 4.87. The number of rotatable bonds is 5. The van der Waals surface area contributed by atoms with E-state index < -0.39 is 17.6 Å². The van der Waals surface area contributed by atoms with Gasteiger partial charge in [-0.05, 0) is 24.3 Å². The van der Waals surface area contributed by atoms with Gasteiger partial charge < -0.3 is 15.1 Å². The van der Waals surface area contributed by atoms with Gasteiger partial charge in [-0.1, -0.05) is 12.1 Å². The number of nitrogens with one attached hydrogen (secondary N) is 2. The summed E-state index contributed by atoms with van der Waals surface area (Å²) in [6, 6.07) is 9.17. The second kappa shape index (κ2) is 6.51. The third kappa shape index (κ3) is 3.94. The van der Waals surface area contributed by atoms with Gasteiger partial charge in [0.25, 0.3) is 0 Å². The van der Waals surface area contributed by atoms with Gasteiger partial charge in [-0.2, -0.15) is 0 Å². The summed E-state index contributed by atoms with van der Waals surface area (Å²) in [7, 11) is 0. The highest BCUT2D eigenvalue weighted by Gasteiger charge is 2.11. The van der Waals surface area contributed by atoms with Crippen LogP contribution in [0.15, 0.2) is 47.1 Å². The molecule has 1 heterocycles. The number of hydrogen-bond donors (Lipinski definition) is 2. The Morgan fingerprint density at radius 2 is 1.90 bits per heavy atom. The molecule has 2 N–H and O–H groups in total. The molecule has 0 aliphatic heterocycles. The molecule has 104 valence electrons. The van der Waals surface area contributed by atoms with E-state index in [-0.39, 0.29) is 18.7 Å². The van der Waals surface area contributed by atoms with Crippen LogP contribution in [0.1, 0.15) is 12.2 Å². The van der Waals surface area contributed by atoms with Crippen molar-refractivity contribution in [1.29, 1.82) is 0 Å². The zero-order valence-corrected chi connectivity index (χ0v) is 10.6. The maximum absolute atomic E-state index is 13.3. The minimum atomic E-state index is -0.577. The van der Waals surface area contributed by atoms with Crippen molar-refractivity contribution in [1.82, 2.24) is 5.32 Å². The van der Waals surface area contributed by atoms with E-state index >= 15 is 0 Å². The predicted octanol–water partition coefficient (Wildman–Crippen LogP) is 2.06. The molecule has 0 unspecified atom stereocenters. The van der Waals surface area contributed by atoms with Gasteiger partial charge in [-0.15, -0.1) is 0 Å². The Balaban J connectivity index is 1.79. The number of carbonyl (C=O) groups excluding carboxylic acids is 2. The van der Waals surface area contributed by atoms with E-state index in [1.165, 1.54) is 24.5 Å². The van der Waals surface area contributed by atoms with Crippen molar-refractivity contribution in [3.05, 3.63) is 54.2 Å². The summed E-state index contributed by atoms with van der Waals surface area (Å²) >= 11 is 0. The van der Waals surface area contributed by atoms with Crippen LogP contribution < -0.4 is 10.6 Å². The fourth-order valence-corrected chi connectivity index (χ4v) is 1.56. The molecule has 2 amide bonds. The number of furan rings is 1.